The summed E-state index contributed by atoms with van der Waals surface area (Å²) in [6.45, 7) is 9.80. The van der Waals surface area contributed by atoms with E-state index in [1.165, 1.54) is 0 Å². The zero-order valence-electron chi connectivity index (χ0n) is 15.3. The first-order valence-electron chi connectivity index (χ1n) is 8.45. The van der Waals surface area contributed by atoms with Crippen LogP contribution >= 0.6 is 0 Å². The molecule has 0 bridgehead atoms. The standard InChI is InChI=1S/C19H23N5O/c1-11(2)20-17(25)10-16-13(4)21-19-22-18(23-24(19)14(16)5)15-9-7-6-8-12(15)3/h6-9,11H,10H2,1-5H3,(H,20,25). The van der Waals surface area contributed by atoms with Gasteiger partial charge in [0.05, 0.1) is 6.42 Å². The molecule has 0 aliphatic heterocycles. The molecule has 1 N–H and O–H groups in total. The van der Waals surface area contributed by atoms with Crippen LogP contribution in [0.3, 0.4) is 0 Å². The smallest absolute Gasteiger partial charge is 0.253 e. The molecule has 0 saturated carbocycles. The molecule has 1 amide bonds. The van der Waals surface area contributed by atoms with E-state index in [0.29, 0.717) is 18.0 Å². The van der Waals surface area contributed by atoms with E-state index < -0.39 is 0 Å². The molecule has 0 unspecified atom stereocenters. The number of carbonyl (C=O) groups excluding carboxylic acids is 1. The van der Waals surface area contributed by atoms with Gasteiger partial charge in [-0.25, -0.2) is 9.50 Å². The maximum absolute atomic E-state index is 12.2. The lowest BCUT2D eigenvalue weighted by molar-refractivity contribution is -0.120. The molecule has 0 radical (unpaired) electrons. The van der Waals surface area contributed by atoms with Gasteiger partial charge in [0.2, 0.25) is 5.91 Å². The van der Waals surface area contributed by atoms with E-state index in [1.807, 2.05) is 58.9 Å². The van der Waals surface area contributed by atoms with Gasteiger partial charge in [-0.3, -0.25) is 4.79 Å². The predicted molar refractivity (Wildman–Crippen MR) is 97.4 cm³/mol. The van der Waals surface area contributed by atoms with Gasteiger partial charge in [-0.15, -0.1) is 5.10 Å². The quantitative estimate of drug-likeness (QED) is 0.794. The summed E-state index contributed by atoms with van der Waals surface area (Å²) in [5.74, 6) is 1.19. The SMILES string of the molecule is Cc1ccccc1-c1nc2nc(C)c(CC(=O)NC(C)C)c(C)n2n1. The van der Waals surface area contributed by atoms with Crippen LogP contribution in [0.25, 0.3) is 17.2 Å². The number of carbonyl (C=O) groups is 1. The molecule has 0 spiro atoms. The van der Waals surface area contributed by atoms with E-state index in [2.05, 4.69) is 20.4 Å². The molecule has 0 aliphatic carbocycles. The Labute approximate surface area is 147 Å². The number of nitrogens with zero attached hydrogens (tertiary/aromatic N) is 4. The Morgan fingerprint density at radius 2 is 1.88 bits per heavy atom. The third kappa shape index (κ3) is 3.38. The van der Waals surface area contributed by atoms with E-state index in [0.717, 1.165) is 28.1 Å². The molecule has 3 rings (SSSR count). The number of aryl methyl sites for hydroxylation is 3. The zero-order valence-corrected chi connectivity index (χ0v) is 15.3. The lowest BCUT2D eigenvalue weighted by Gasteiger charge is -2.12. The monoisotopic (exact) mass is 337 g/mol. The lowest BCUT2D eigenvalue weighted by Crippen LogP contribution is -2.32. The van der Waals surface area contributed by atoms with Crippen LogP contribution in [0.2, 0.25) is 0 Å². The summed E-state index contributed by atoms with van der Waals surface area (Å²) >= 11 is 0. The number of hydrogen-bond donors (Lipinski definition) is 1. The highest BCUT2D eigenvalue weighted by atomic mass is 16.1. The highest BCUT2D eigenvalue weighted by molar-refractivity contribution is 5.79. The molecular formula is C19H23N5O. The van der Waals surface area contributed by atoms with Gasteiger partial charge in [-0.05, 0) is 40.2 Å². The Hall–Kier alpha value is -2.76. The molecule has 6 nitrogen and oxygen atoms in total. The lowest BCUT2D eigenvalue weighted by atomic mass is 10.1. The van der Waals surface area contributed by atoms with Crippen molar-refractivity contribution in [3.05, 3.63) is 46.8 Å². The van der Waals surface area contributed by atoms with Crippen molar-refractivity contribution in [3.8, 4) is 11.4 Å². The maximum atomic E-state index is 12.2. The Kier molecular flexibility index (Phi) is 4.53. The first-order valence-corrected chi connectivity index (χ1v) is 8.45. The average molecular weight is 337 g/mol. The van der Waals surface area contributed by atoms with Crippen molar-refractivity contribution in [1.29, 1.82) is 0 Å². The van der Waals surface area contributed by atoms with Crippen LogP contribution in [0.1, 0.15) is 36.4 Å². The van der Waals surface area contributed by atoms with Crippen LogP contribution in [0, 0.1) is 20.8 Å². The van der Waals surface area contributed by atoms with E-state index in [-0.39, 0.29) is 11.9 Å². The van der Waals surface area contributed by atoms with Crippen molar-refractivity contribution >= 4 is 11.7 Å². The van der Waals surface area contributed by atoms with Gasteiger partial charge in [0.25, 0.3) is 5.78 Å². The maximum Gasteiger partial charge on any atom is 0.253 e. The van der Waals surface area contributed by atoms with E-state index >= 15 is 0 Å². The second kappa shape index (κ2) is 6.63. The Morgan fingerprint density at radius 1 is 1.16 bits per heavy atom. The number of aromatic nitrogens is 4. The summed E-state index contributed by atoms with van der Waals surface area (Å²) in [5, 5.41) is 7.54. The molecule has 130 valence electrons. The van der Waals surface area contributed by atoms with Gasteiger partial charge in [-0.2, -0.15) is 4.98 Å². The predicted octanol–water partition coefficient (Wildman–Crippen LogP) is 2.78. The van der Waals surface area contributed by atoms with Gasteiger partial charge < -0.3 is 5.32 Å². The fourth-order valence-corrected chi connectivity index (χ4v) is 2.94. The molecule has 2 heterocycles. The third-order valence-corrected chi connectivity index (χ3v) is 4.22. The Bertz CT molecular complexity index is 942. The topological polar surface area (TPSA) is 72.2 Å². The number of rotatable bonds is 4. The number of benzene rings is 1. The highest BCUT2D eigenvalue weighted by Crippen LogP contribution is 2.22. The molecule has 0 fully saturated rings. The minimum atomic E-state index is -0.0124. The second-order valence-electron chi connectivity index (χ2n) is 6.62. The average Bonchev–Trinajstić information content (AvgIpc) is 2.95. The minimum absolute atomic E-state index is 0.0124. The minimum Gasteiger partial charge on any atom is -0.354 e. The Balaban J connectivity index is 2.05. The summed E-state index contributed by atoms with van der Waals surface area (Å²) in [4.78, 5) is 21.3. The van der Waals surface area contributed by atoms with Crippen molar-refractivity contribution in [3.63, 3.8) is 0 Å². The molecule has 3 aromatic rings. The van der Waals surface area contributed by atoms with Crippen LogP contribution in [-0.4, -0.2) is 31.5 Å². The number of nitrogens with one attached hydrogen (secondary N) is 1. The molecular weight excluding hydrogens is 314 g/mol. The van der Waals surface area contributed by atoms with Crippen LogP contribution in [0.4, 0.5) is 0 Å². The summed E-state index contributed by atoms with van der Waals surface area (Å²) in [6.07, 6.45) is 0.290. The van der Waals surface area contributed by atoms with Crippen LogP contribution in [-0.2, 0) is 11.2 Å². The second-order valence-corrected chi connectivity index (χ2v) is 6.62. The number of hydrogen-bond acceptors (Lipinski definition) is 4. The largest absolute Gasteiger partial charge is 0.354 e. The van der Waals surface area contributed by atoms with Gasteiger partial charge in [-0.1, -0.05) is 24.3 Å². The number of fused-ring (bicyclic) bond motifs is 1. The fourth-order valence-electron chi connectivity index (χ4n) is 2.94. The molecule has 0 saturated heterocycles. The van der Waals surface area contributed by atoms with Crippen LogP contribution in [0.15, 0.2) is 24.3 Å². The fraction of sp³-hybridized carbons (Fsp3) is 0.368. The summed E-state index contributed by atoms with van der Waals surface area (Å²) in [5.41, 5.74) is 4.71. The van der Waals surface area contributed by atoms with Crippen molar-refractivity contribution in [2.24, 2.45) is 0 Å². The summed E-state index contributed by atoms with van der Waals surface area (Å²) < 4.78 is 1.73. The van der Waals surface area contributed by atoms with Crippen LogP contribution < -0.4 is 5.32 Å². The first kappa shape index (κ1) is 17.1. The van der Waals surface area contributed by atoms with Crippen molar-refractivity contribution in [2.45, 2.75) is 47.1 Å². The summed E-state index contributed by atoms with van der Waals surface area (Å²) in [7, 11) is 0. The zero-order chi connectivity index (χ0) is 18.1. The summed E-state index contributed by atoms with van der Waals surface area (Å²) in [6, 6.07) is 8.12. The van der Waals surface area contributed by atoms with Gasteiger partial charge in [0.1, 0.15) is 0 Å². The third-order valence-electron chi connectivity index (χ3n) is 4.22. The first-order chi connectivity index (χ1) is 11.9. The normalized spacial score (nSPS) is 11.3. The molecule has 6 heteroatoms. The molecule has 1 aromatic carbocycles. The highest BCUT2D eigenvalue weighted by Gasteiger charge is 2.17. The van der Waals surface area contributed by atoms with E-state index in [4.69, 9.17) is 0 Å². The van der Waals surface area contributed by atoms with Crippen LogP contribution in [0.5, 0.6) is 0 Å². The molecule has 0 aliphatic rings. The van der Waals surface area contributed by atoms with Crippen molar-refractivity contribution < 1.29 is 4.79 Å². The Morgan fingerprint density at radius 3 is 2.56 bits per heavy atom. The van der Waals surface area contributed by atoms with Gasteiger partial charge in [0.15, 0.2) is 5.82 Å². The molecule has 0 atom stereocenters. The molecule has 25 heavy (non-hydrogen) atoms. The number of amides is 1. The van der Waals surface area contributed by atoms with E-state index in [1.54, 1.807) is 4.52 Å². The molecule has 2 aromatic heterocycles. The van der Waals surface area contributed by atoms with E-state index in [9.17, 15) is 4.79 Å². The van der Waals surface area contributed by atoms with Crippen molar-refractivity contribution in [2.75, 3.05) is 0 Å². The van der Waals surface area contributed by atoms with Gasteiger partial charge in [0, 0.05) is 28.6 Å². The van der Waals surface area contributed by atoms with Gasteiger partial charge >= 0.3 is 0 Å². The van der Waals surface area contributed by atoms with Crippen molar-refractivity contribution in [1.82, 2.24) is 24.9 Å².